The number of hydrogen-bond donors (Lipinski definition) is 1. The van der Waals surface area contributed by atoms with Crippen molar-refractivity contribution in [2.45, 2.75) is 4.90 Å². The summed E-state index contributed by atoms with van der Waals surface area (Å²) in [5.41, 5.74) is 0. The lowest BCUT2D eigenvalue weighted by atomic mass is 10.3. The van der Waals surface area contributed by atoms with Crippen LogP contribution in [0, 0.1) is 11.6 Å². The molecule has 0 fully saturated rings. The average Bonchev–Trinajstić information content (AvgIpc) is 1.92. The lowest BCUT2D eigenvalue weighted by Gasteiger charge is -1.97. The third-order valence-corrected chi connectivity index (χ3v) is 2.13. The summed E-state index contributed by atoms with van der Waals surface area (Å²) in [4.78, 5) is -0.443. The van der Waals surface area contributed by atoms with Gasteiger partial charge in [0, 0.05) is 0 Å². The lowest BCUT2D eigenvalue weighted by Crippen LogP contribution is -2.12. The van der Waals surface area contributed by atoms with Crippen molar-refractivity contribution in [3.05, 3.63) is 29.8 Å². The number of benzene rings is 1. The molecular formula is C6H6ClF2NO2S. The standard InChI is InChI=1S/C6H5F2NO2S.ClH/c7-5-2-1-4(3-6(5)8)12(9,10)11;/h1-3H,(H2,9,10,11);1H. The molecule has 1 rings (SSSR count). The number of primary sulfonamides is 1. The number of sulfonamides is 1. The Morgan fingerprint density at radius 2 is 1.69 bits per heavy atom. The highest BCUT2D eigenvalue weighted by molar-refractivity contribution is 7.89. The minimum absolute atomic E-state index is 0. The van der Waals surface area contributed by atoms with Gasteiger partial charge in [0.1, 0.15) is 0 Å². The number of rotatable bonds is 1. The fourth-order valence-corrected chi connectivity index (χ4v) is 1.18. The van der Waals surface area contributed by atoms with Crippen LogP contribution in [0.5, 0.6) is 0 Å². The second kappa shape index (κ2) is 3.99. The Labute approximate surface area is 80.0 Å². The quantitative estimate of drug-likeness (QED) is 0.782. The second-order valence-electron chi connectivity index (χ2n) is 2.12. The van der Waals surface area contributed by atoms with E-state index in [0.29, 0.717) is 12.1 Å². The molecule has 0 atom stereocenters. The van der Waals surface area contributed by atoms with Gasteiger partial charge in [-0.3, -0.25) is 0 Å². The topological polar surface area (TPSA) is 60.2 Å². The van der Waals surface area contributed by atoms with E-state index >= 15 is 0 Å². The lowest BCUT2D eigenvalue weighted by molar-refractivity contribution is 0.504. The van der Waals surface area contributed by atoms with Crippen molar-refractivity contribution < 1.29 is 17.2 Å². The highest BCUT2D eigenvalue weighted by Gasteiger charge is 2.10. The van der Waals surface area contributed by atoms with E-state index in [1.807, 2.05) is 0 Å². The molecule has 0 aliphatic carbocycles. The largest absolute Gasteiger partial charge is 0.238 e. The van der Waals surface area contributed by atoms with Crippen LogP contribution in [0.25, 0.3) is 0 Å². The molecule has 13 heavy (non-hydrogen) atoms. The maximum Gasteiger partial charge on any atom is 0.238 e. The molecule has 0 radical (unpaired) electrons. The van der Waals surface area contributed by atoms with Crippen molar-refractivity contribution >= 4 is 22.4 Å². The Kier molecular flexibility index (Phi) is 3.77. The molecule has 1 aromatic carbocycles. The maximum atomic E-state index is 12.4. The minimum atomic E-state index is -3.95. The average molecular weight is 230 g/mol. The molecule has 0 bridgehead atoms. The van der Waals surface area contributed by atoms with Crippen LogP contribution < -0.4 is 5.14 Å². The van der Waals surface area contributed by atoms with Crippen LogP contribution in [0.4, 0.5) is 8.78 Å². The van der Waals surface area contributed by atoms with E-state index in [9.17, 15) is 17.2 Å². The first-order chi connectivity index (χ1) is 5.41. The predicted octanol–water partition coefficient (Wildman–Crippen LogP) is 1.03. The first kappa shape index (κ1) is 12.3. The van der Waals surface area contributed by atoms with E-state index in [0.717, 1.165) is 6.07 Å². The molecule has 0 aromatic heterocycles. The third-order valence-electron chi connectivity index (χ3n) is 1.22. The molecule has 2 N–H and O–H groups in total. The van der Waals surface area contributed by atoms with Crippen molar-refractivity contribution in [3.63, 3.8) is 0 Å². The van der Waals surface area contributed by atoms with Crippen molar-refractivity contribution in [1.82, 2.24) is 0 Å². The fourth-order valence-electron chi connectivity index (χ4n) is 0.654. The maximum absolute atomic E-state index is 12.4. The molecule has 0 unspecified atom stereocenters. The SMILES string of the molecule is Cl.NS(=O)(=O)c1ccc(F)c(F)c1. The van der Waals surface area contributed by atoms with Gasteiger partial charge in [-0.2, -0.15) is 0 Å². The van der Waals surface area contributed by atoms with Crippen molar-refractivity contribution in [2.24, 2.45) is 5.14 Å². The van der Waals surface area contributed by atoms with Gasteiger partial charge in [-0.1, -0.05) is 0 Å². The van der Waals surface area contributed by atoms with E-state index in [-0.39, 0.29) is 12.4 Å². The van der Waals surface area contributed by atoms with E-state index < -0.39 is 26.6 Å². The molecule has 3 nitrogen and oxygen atoms in total. The molecule has 0 aliphatic rings. The minimum Gasteiger partial charge on any atom is -0.225 e. The summed E-state index contributed by atoms with van der Waals surface area (Å²) in [6.07, 6.45) is 0. The Morgan fingerprint density at radius 1 is 1.15 bits per heavy atom. The van der Waals surface area contributed by atoms with Crippen LogP contribution >= 0.6 is 12.4 Å². The Morgan fingerprint density at radius 3 is 2.08 bits per heavy atom. The summed E-state index contributed by atoms with van der Waals surface area (Å²) in [5.74, 6) is -2.34. The molecule has 0 saturated heterocycles. The van der Waals surface area contributed by atoms with Gasteiger partial charge in [0.25, 0.3) is 0 Å². The Balaban J connectivity index is 0.00000144. The highest BCUT2D eigenvalue weighted by atomic mass is 35.5. The molecular weight excluding hydrogens is 224 g/mol. The third kappa shape index (κ3) is 2.91. The Bertz CT molecular complexity index is 407. The number of nitrogens with two attached hydrogens (primary N) is 1. The zero-order chi connectivity index (χ0) is 9.35. The van der Waals surface area contributed by atoms with E-state index in [1.54, 1.807) is 0 Å². The van der Waals surface area contributed by atoms with Gasteiger partial charge in [-0.25, -0.2) is 22.3 Å². The van der Waals surface area contributed by atoms with Crippen molar-refractivity contribution in [3.8, 4) is 0 Å². The van der Waals surface area contributed by atoms with Gasteiger partial charge < -0.3 is 0 Å². The van der Waals surface area contributed by atoms with Crippen LogP contribution in [0.1, 0.15) is 0 Å². The summed E-state index contributed by atoms with van der Waals surface area (Å²) >= 11 is 0. The monoisotopic (exact) mass is 229 g/mol. The van der Waals surface area contributed by atoms with Crippen LogP contribution in [0.2, 0.25) is 0 Å². The molecule has 0 amide bonds. The van der Waals surface area contributed by atoms with Gasteiger partial charge in [0.2, 0.25) is 10.0 Å². The summed E-state index contributed by atoms with van der Waals surface area (Å²) in [5, 5.41) is 4.66. The summed E-state index contributed by atoms with van der Waals surface area (Å²) in [7, 11) is -3.95. The van der Waals surface area contributed by atoms with Gasteiger partial charge >= 0.3 is 0 Å². The summed E-state index contributed by atoms with van der Waals surface area (Å²) in [6, 6.07) is 2.13. The summed E-state index contributed by atoms with van der Waals surface area (Å²) in [6.45, 7) is 0. The van der Waals surface area contributed by atoms with Crippen LogP contribution in [0.3, 0.4) is 0 Å². The predicted molar refractivity (Wildman–Crippen MR) is 45.0 cm³/mol. The molecule has 0 saturated carbocycles. The first-order valence-electron chi connectivity index (χ1n) is 2.89. The molecule has 74 valence electrons. The zero-order valence-electron chi connectivity index (χ0n) is 6.20. The van der Waals surface area contributed by atoms with E-state index in [2.05, 4.69) is 5.14 Å². The fraction of sp³-hybridized carbons (Fsp3) is 0. The van der Waals surface area contributed by atoms with Crippen LogP contribution in [-0.2, 0) is 10.0 Å². The van der Waals surface area contributed by atoms with Gasteiger partial charge in [-0.15, -0.1) is 12.4 Å². The highest BCUT2D eigenvalue weighted by Crippen LogP contribution is 2.11. The smallest absolute Gasteiger partial charge is 0.225 e. The number of halogens is 3. The first-order valence-corrected chi connectivity index (χ1v) is 4.44. The number of hydrogen-bond acceptors (Lipinski definition) is 2. The van der Waals surface area contributed by atoms with E-state index in [1.165, 1.54) is 0 Å². The Hall–Kier alpha value is -0.720. The second-order valence-corrected chi connectivity index (χ2v) is 3.68. The molecule has 1 aromatic rings. The molecule has 0 heterocycles. The van der Waals surface area contributed by atoms with Gasteiger partial charge in [0.15, 0.2) is 11.6 Å². The van der Waals surface area contributed by atoms with Crippen LogP contribution in [0.15, 0.2) is 23.1 Å². The normalized spacial score (nSPS) is 10.7. The van der Waals surface area contributed by atoms with Gasteiger partial charge in [-0.05, 0) is 18.2 Å². The van der Waals surface area contributed by atoms with Crippen molar-refractivity contribution in [1.29, 1.82) is 0 Å². The van der Waals surface area contributed by atoms with Gasteiger partial charge in [0.05, 0.1) is 4.90 Å². The molecule has 0 spiro atoms. The van der Waals surface area contributed by atoms with Crippen LogP contribution in [-0.4, -0.2) is 8.42 Å². The molecule has 7 heteroatoms. The van der Waals surface area contributed by atoms with Crippen molar-refractivity contribution in [2.75, 3.05) is 0 Å². The summed E-state index contributed by atoms with van der Waals surface area (Å²) < 4.78 is 45.9. The van der Waals surface area contributed by atoms with E-state index in [4.69, 9.17) is 0 Å². The zero-order valence-corrected chi connectivity index (χ0v) is 7.83. The molecule has 0 aliphatic heterocycles.